The summed E-state index contributed by atoms with van der Waals surface area (Å²) in [5.74, 6) is 0.310. The van der Waals surface area contributed by atoms with E-state index in [1.54, 1.807) is 12.1 Å². The first-order chi connectivity index (χ1) is 8.22. The number of unbranched alkanes of at least 4 members (excludes halogenated alkanes) is 1. The Hall–Kier alpha value is -1.27. The number of azide groups is 1. The predicted octanol–water partition coefficient (Wildman–Crippen LogP) is 3.68. The summed E-state index contributed by atoms with van der Waals surface area (Å²) in [5.41, 5.74) is 8.06. The maximum absolute atomic E-state index is 11.4. The molecule has 5 nitrogen and oxygen atoms in total. The van der Waals surface area contributed by atoms with Crippen molar-refractivity contribution in [1.82, 2.24) is 0 Å². The van der Waals surface area contributed by atoms with Crippen molar-refractivity contribution in [3.05, 3.63) is 38.3 Å². The minimum absolute atomic E-state index is 0.257. The zero-order valence-electron chi connectivity index (χ0n) is 9.17. The van der Waals surface area contributed by atoms with Crippen LogP contribution in [0.2, 0.25) is 0 Å². The largest absolute Gasteiger partial charge is 0.426 e. The van der Waals surface area contributed by atoms with Gasteiger partial charge in [0.25, 0.3) is 0 Å². The lowest BCUT2D eigenvalue weighted by Crippen LogP contribution is -2.07. The van der Waals surface area contributed by atoms with Gasteiger partial charge in [-0.2, -0.15) is 0 Å². The molecule has 0 radical (unpaired) electrons. The molecule has 0 heterocycles. The molecule has 90 valence electrons. The summed E-state index contributed by atoms with van der Waals surface area (Å²) in [4.78, 5) is 14.1. The van der Waals surface area contributed by atoms with Gasteiger partial charge in [-0.15, -0.1) is 0 Å². The number of nitrogens with zero attached hydrogens (tertiary/aromatic N) is 3. The van der Waals surface area contributed by atoms with Crippen LogP contribution in [-0.2, 0) is 4.79 Å². The van der Waals surface area contributed by atoms with Crippen LogP contribution in [0.4, 0.5) is 0 Å². The molecule has 0 fully saturated rings. The average molecular weight is 345 g/mol. The monoisotopic (exact) mass is 345 g/mol. The van der Waals surface area contributed by atoms with E-state index in [9.17, 15) is 4.79 Å². The molecule has 0 saturated heterocycles. The first kappa shape index (κ1) is 13.8. The van der Waals surface area contributed by atoms with Gasteiger partial charge in [-0.1, -0.05) is 11.2 Å². The van der Waals surface area contributed by atoms with Crippen LogP contribution in [-0.4, -0.2) is 12.5 Å². The van der Waals surface area contributed by atoms with Gasteiger partial charge in [0.1, 0.15) is 5.75 Å². The molecule has 6 heteroatoms. The molecule has 0 aliphatic rings. The minimum Gasteiger partial charge on any atom is -0.426 e. The zero-order chi connectivity index (χ0) is 12.5. The fraction of sp³-hybridized carbons (Fsp3) is 0.364. The molecule has 0 amide bonds. The summed E-state index contributed by atoms with van der Waals surface area (Å²) in [5, 5.41) is 3.39. The second kappa shape index (κ2) is 7.92. The van der Waals surface area contributed by atoms with E-state index in [-0.39, 0.29) is 5.97 Å². The highest BCUT2D eigenvalue weighted by Crippen LogP contribution is 2.15. The highest BCUT2D eigenvalue weighted by Gasteiger charge is 2.04. The number of benzene rings is 1. The number of carbonyl (C=O) groups excluding carboxylic acids is 1. The Morgan fingerprint density at radius 1 is 1.47 bits per heavy atom. The Labute approximate surface area is 113 Å². The molecule has 0 N–H and O–H groups in total. The van der Waals surface area contributed by atoms with Crippen LogP contribution >= 0.6 is 22.6 Å². The third-order valence-corrected chi connectivity index (χ3v) is 2.65. The van der Waals surface area contributed by atoms with Crippen LogP contribution in [0.15, 0.2) is 29.4 Å². The Balaban J connectivity index is 2.27. The van der Waals surface area contributed by atoms with E-state index in [1.165, 1.54) is 0 Å². The first-order valence-corrected chi connectivity index (χ1v) is 6.27. The maximum Gasteiger partial charge on any atom is 0.311 e. The van der Waals surface area contributed by atoms with Crippen LogP contribution in [0.3, 0.4) is 0 Å². The van der Waals surface area contributed by atoms with E-state index in [0.29, 0.717) is 31.6 Å². The molecule has 17 heavy (non-hydrogen) atoms. The molecular formula is C11H12IN3O2. The van der Waals surface area contributed by atoms with Gasteiger partial charge in [0.2, 0.25) is 0 Å². The van der Waals surface area contributed by atoms with Crippen LogP contribution in [0.25, 0.3) is 10.4 Å². The fourth-order valence-electron chi connectivity index (χ4n) is 1.21. The molecule has 0 aromatic heterocycles. The third kappa shape index (κ3) is 6.13. The number of hydrogen-bond donors (Lipinski definition) is 0. The number of ether oxygens (including phenoxy) is 1. The average Bonchev–Trinajstić information content (AvgIpc) is 2.29. The highest BCUT2D eigenvalue weighted by atomic mass is 127. The van der Waals surface area contributed by atoms with Gasteiger partial charge in [0, 0.05) is 21.4 Å². The van der Waals surface area contributed by atoms with Gasteiger partial charge in [-0.3, -0.25) is 4.79 Å². The summed E-state index contributed by atoms with van der Waals surface area (Å²) in [6.45, 7) is 0.424. The van der Waals surface area contributed by atoms with Crippen molar-refractivity contribution in [3.8, 4) is 5.75 Å². The number of hydrogen-bond acceptors (Lipinski definition) is 3. The standard InChI is InChI=1S/C11H12IN3O2/c12-9-4-3-5-10(8-9)17-11(16)6-1-2-7-14-15-13/h3-5,8H,1-2,6-7H2. The normalized spacial score (nSPS) is 9.47. The topological polar surface area (TPSA) is 75.1 Å². The summed E-state index contributed by atoms with van der Waals surface area (Å²) in [6.07, 6.45) is 1.71. The quantitative estimate of drug-likeness (QED) is 0.150. The van der Waals surface area contributed by atoms with Crippen LogP contribution < -0.4 is 4.74 Å². The zero-order valence-corrected chi connectivity index (χ0v) is 11.3. The van der Waals surface area contributed by atoms with Crippen LogP contribution in [0.1, 0.15) is 19.3 Å². The third-order valence-electron chi connectivity index (χ3n) is 1.98. The van der Waals surface area contributed by atoms with Crippen molar-refractivity contribution < 1.29 is 9.53 Å². The Kier molecular flexibility index (Phi) is 6.42. The van der Waals surface area contributed by atoms with Crippen molar-refractivity contribution >= 4 is 28.6 Å². The molecular weight excluding hydrogens is 333 g/mol. The Bertz CT molecular complexity index is 430. The fourth-order valence-corrected chi connectivity index (χ4v) is 1.72. The van der Waals surface area contributed by atoms with E-state index < -0.39 is 0 Å². The molecule has 0 saturated carbocycles. The number of carbonyl (C=O) groups is 1. The summed E-state index contributed by atoms with van der Waals surface area (Å²) in [7, 11) is 0. The van der Waals surface area contributed by atoms with Crippen LogP contribution in [0.5, 0.6) is 5.75 Å². The lowest BCUT2D eigenvalue weighted by atomic mass is 10.2. The smallest absolute Gasteiger partial charge is 0.311 e. The second-order valence-electron chi connectivity index (χ2n) is 3.34. The molecule has 0 atom stereocenters. The molecule has 1 aromatic rings. The Morgan fingerprint density at radius 3 is 3.00 bits per heavy atom. The second-order valence-corrected chi connectivity index (χ2v) is 4.59. The van der Waals surface area contributed by atoms with E-state index in [1.807, 2.05) is 12.1 Å². The lowest BCUT2D eigenvalue weighted by molar-refractivity contribution is -0.134. The van der Waals surface area contributed by atoms with Crippen molar-refractivity contribution in [1.29, 1.82) is 0 Å². The molecule has 0 unspecified atom stereocenters. The Morgan fingerprint density at radius 2 is 2.29 bits per heavy atom. The molecule has 0 aliphatic heterocycles. The van der Waals surface area contributed by atoms with E-state index >= 15 is 0 Å². The van der Waals surface area contributed by atoms with E-state index in [0.717, 1.165) is 3.57 Å². The van der Waals surface area contributed by atoms with Gasteiger partial charge in [0.15, 0.2) is 0 Å². The number of rotatable bonds is 6. The van der Waals surface area contributed by atoms with Crippen molar-refractivity contribution in [3.63, 3.8) is 0 Å². The summed E-state index contributed by atoms with van der Waals surface area (Å²) >= 11 is 2.16. The highest BCUT2D eigenvalue weighted by molar-refractivity contribution is 14.1. The maximum atomic E-state index is 11.4. The van der Waals surface area contributed by atoms with Crippen molar-refractivity contribution in [2.75, 3.05) is 6.54 Å². The van der Waals surface area contributed by atoms with E-state index in [2.05, 4.69) is 32.6 Å². The van der Waals surface area contributed by atoms with E-state index in [4.69, 9.17) is 10.3 Å². The van der Waals surface area contributed by atoms with Gasteiger partial charge in [0.05, 0.1) is 0 Å². The van der Waals surface area contributed by atoms with Gasteiger partial charge < -0.3 is 4.74 Å². The predicted molar refractivity (Wildman–Crippen MR) is 72.7 cm³/mol. The molecule has 0 bridgehead atoms. The van der Waals surface area contributed by atoms with Crippen molar-refractivity contribution in [2.45, 2.75) is 19.3 Å². The van der Waals surface area contributed by atoms with Gasteiger partial charge >= 0.3 is 5.97 Å². The minimum atomic E-state index is -0.257. The number of halogens is 1. The summed E-state index contributed by atoms with van der Waals surface area (Å²) < 4.78 is 6.18. The molecule has 1 rings (SSSR count). The SMILES string of the molecule is [N-]=[N+]=NCCCCC(=O)Oc1cccc(I)c1. The van der Waals surface area contributed by atoms with Gasteiger partial charge in [-0.05, 0) is 59.2 Å². The number of esters is 1. The van der Waals surface area contributed by atoms with Gasteiger partial charge in [-0.25, -0.2) is 0 Å². The molecule has 0 aliphatic carbocycles. The molecule has 0 spiro atoms. The van der Waals surface area contributed by atoms with Crippen molar-refractivity contribution in [2.24, 2.45) is 5.11 Å². The lowest BCUT2D eigenvalue weighted by Gasteiger charge is -2.03. The summed E-state index contributed by atoms with van der Waals surface area (Å²) in [6, 6.07) is 7.32. The first-order valence-electron chi connectivity index (χ1n) is 5.19. The molecule has 1 aromatic carbocycles. The van der Waals surface area contributed by atoms with Crippen LogP contribution in [0, 0.1) is 3.57 Å².